The molecule has 3 atom stereocenters. The molecule has 0 aromatic carbocycles. The molecule has 1 aliphatic carbocycles. The zero-order valence-electron chi connectivity index (χ0n) is 13.2. The third kappa shape index (κ3) is 3.51. The van der Waals surface area contributed by atoms with Crippen molar-refractivity contribution >= 4 is 0 Å². The first-order chi connectivity index (χ1) is 9.06. The van der Waals surface area contributed by atoms with Crippen LogP contribution < -0.4 is 0 Å². The molecule has 0 bridgehead atoms. The molecule has 1 heteroatoms. The third-order valence-corrected chi connectivity index (χ3v) is 5.48. The molecule has 0 aromatic rings. The molecule has 0 amide bonds. The molecule has 1 saturated heterocycles. The molecular formula is C18H32N+. The van der Waals surface area contributed by atoms with Crippen LogP contribution in [-0.4, -0.2) is 30.7 Å². The van der Waals surface area contributed by atoms with Crippen molar-refractivity contribution in [2.45, 2.75) is 46.5 Å². The van der Waals surface area contributed by atoms with Crippen molar-refractivity contribution in [2.24, 2.45) is 17.8 Å². The molecule has 2 rings (SSSR count). The van der Waals surface area contributed by atoms with Gasteiger partial charge in [-0.2, -0.15) is 0 Å². The number of hydrogen-bond donors (Lipinski definition) is 0. The highest BCUT2D eigenvalue weighted by Crippen LogP contribution is 2.36. The van der Waals surface area contributed by atoms with Crippen LogP contribution in [0.25, 0.3) is 0 Å². The molecule has 0 saturated carbocycles. The number of likely N-dealkylation sites (tertiary alicyclic amines) is 1. The quantitative estimate of drug-likeness (QED) is 0.520. The Kier molecular flexibility index (Phi) is 4.89. The van der Waals surface area contributed by atoms with Gasteiger partial charge in [-0.15, -0.1) is 0 Å². The standard InChI is InChI=1S/C18H32N/c1-5-9-19(10-7-6-8-11-19)14-18-16(3)12-15(2)13-17(18)4/h5,12,16-18H,1,6-11,13-14H2,2-4H3/q+1/t16-,17+,18-/m0/s1. The van der Waals surface area contributed by atoms with Crippen molar-refractivity contribution < 1.29 is 4.48 Å². The molecule has 1 heterocycles. The molecule has 0 spiro atoms. The molecule has 0 N–H and O–H groups in total. The van der Waals surface area contributed by atoms with Gasteiger partial charge in [-0.3, -0.25) is 0 Å². The Morgan fingerprint density at radius 1 is 1.26 bits per heavy atom. The van der Waals surface area contributed by atoms with Crippen LogP contribution in [0.3, 0.4) is 0 Å². The lowest BCUT2D eigenvalue weighted by atomic mass is 9.74. The van der Waals surface area contributed by atoms with E-state index < -0.39 is 0 Å². The second-order valence-corrected chi connectivity index (χ2v) is 7.22. The van der Waals surface area contributed by atoms with Crippen molar-refractivity contribution in [2.75, 3.05) is 26.2 Å². The molecule has 2 aliphatic rings. The van der Waals surface area contributed by atoms with E-state index in [4.69, 9.17) is 0 Å². The number of allylic oxidation sites excluding steroid dienone is 2. The Hall–Kier alpha value is -0.560. The molecule has 0 unspecified atom stereocenters. The van der Waals surface area contributed by atoms with Crippen molar-refractivity contribution in [3.8, 4) is 0 Å². The Bertz CT molecular complexity index is 336. The predicted molar refractivity (Wildman–Crippen MR) is 84.0 cm³/mol. The number of piperidine rings is 1. The van der Waals surface area contributed by atoms with Crippen LogP contribution in [0.15, 0.2) is 24.3 Å². The second kappa shape index (κ2) is 6.26. The first-order valence-corrected chi connectivity index (χ1v) is 8.19. The van der Waals surface area contributed by atoms with Gasteiger partial charge in [0.05, 0.1) is 26.2 Å². The number of rotatable bonds is 4. The smallest absolute Gasteiger partial charge is 0.0971 e. The summed E-state index contributed by atoms with van der Waals surface area (Å²) < 4.78 is 1.32. The average molecular weight is 262 g/mol. The first-order valence-electron chi connectivity index (χ1n) is 8.19. The highest BCUT2D eigenvalue weighted by Gasteiger charge is 2.37. The summed E-state index contributed by atoms with van der Waals surface area (Å²) in [4.78, 5) is 0. The minimum Gasteiger partial charge on any atom is -0.320 e. The van der Waals surface area contributed by atoms with Gasteiger partial charge in [0, 0.05) is 5.92 Å². The summed E-state index contributed by atoms with van der Waals surface area (Å²) >= 11 is 0. The monoisotopic (exact) mass is 262 g/mol. The maximum atomic E-state index is 4.02. The van der Waals surface area contributed by atoms with E-state index >= 15 is 0 Å². The van der Waals surface area contributed by atoms with Gasteiger partial charge < -0.3 is 4.48 Å². The fourth-order valence-electron chi connectivity index (χ4n) is 4.51. The molecule has 19 heavy (non-hydrogen) atoms. The molecule has 0 aromatic heterocycles. The third-order valence-electron chi connectivity index (χ3n) is 5.48. The van der Waals surface area contributed by atoms with E-state index in [1.54, 1.807) is 5.57 Å². The Morgan fingerprint density at radius 2 is 1.95 bits per heavy atom. The lowest BCUT2D eigenvalue weighted by Gasteiger charge is -2.46. The summed E-state index contributed by atoms with van der Waals surface area (Å²) in [6.45, 7) is 16.5. The highest BCUT2D eigenvalue weighted by atomic mass is 15.4. The first kappa shape index (κ1) is 14.8. The van der Waals surface area contributed by atoms with Gasteiger partial charge >= 0.3 is 0 Å². The summed E-state index contributed by atoms with van der Waals surface area (Å²) in [5, 5.41) is 0. The lowest BCUT2D eigenvalue weighted by molar-refractivity contribution is -0.931. The summed E-state index contributed by atoms with van der Waals surface area (Å²) in [6, 6.07) is 0. The molecule has 1 fully saturated rings. The Labute approximate surface area is 120 Å². The van der Waals surface area contributed by atoms with Gasteiger partial charge in [0.2, 0.25) is 0 Å². The van der Waals surface area contributed by atoms with Crippen LogP contribution in [0, 0.1) is 17.8 Å². The van der Waals surface area contributed by atoms with E-state index in [1.165, 1.54) is 56.3 Å². The average Bonchev–Trinajstić information content (AvgIpc) is 2.35. The second-order valence-electron chi connectivity index (χ2n) is 7.22. The molecular weight excluding hydrogens is 230 g/mol. The fourth-order valence-corrected chi connectivity index (χ4v) is 4.51. The molecule has 1 aliphatic heterocycles. The number of nitrogens with zero attached hydrogens (tertiary/aromatic N) is 1. The zero-order chi connectivity index (χ0) is 13.9. The SMILES string of the molecule is C=CC[N+]1(C[C@@H]2[C@H](C)CC(C)=C[C@@H]2C)CCCCC1. The Morgan fingerprint density at radius 3 is 2.53 bits per heavy atom. The van der Waals surface area contributed by atoms with Gasteiger partial charge in [0.1, 0.15) is 0 Å². The molecule has 1 nitrogen and oxygen atoms in total. The van der Waals surface area contributed by atoms with Crippen LogP contribution in [0.1, 0.15) is 46.5 Å². The zero-order valence-corrected chi connectivity index (χ0v) is 13.2. The molecule has 108 valence electrons. The predicted octanol–water partition coefficient (Wildman–Crippen LogP) is 4.41. The minimum absolute atomic E-state index is 0.755. The van der Waals surface area contributed by atoms with E-state index in [9.17, 15) is 0 Å². The Balaban J connectivity index is 2.10. The van der Waals surface area contributed by atoms with Gasteiger partial charge in [-0.25, -0.2) is 0 Å². The number of hydrogen-bond acceptors (Lipinski definition) is 0. The summed E-state index contributed by atoms with van der Waals surface area (Å²) in [7, 11) is 0. The highest BCUT2D eigenvalue weighted by molar-refractivity contribution is 5.08. The molecule has 0 radical (unpaired) electrons. The van der Waals surface area contributed by atoms with Crippen LogP contribution in [0.4, 0.5) is 0 Å². The fraction of sp³-hybridized carbons (Fsp3) is 0.778. The number of quaternary nitrogens is 1. The van der Waals surface area contributed by atoms with Crippen LogP contribution >= 0.6 is 0 Å². The van der Waals surface area contributed by atoms with E-state index in [1.807, 2.05) is 0 Å². The van der Waals surface area contributed by atoms with Gasteiger partial charge in [0.25, 0.3) is 0 Å². The van der Waals surface area contributed by atoms with Crippen LogP contribution in [0.5, 0.6) is 0 Å². The maximum Gasteiger partial charge on any atom is 0.0971 e. The van der Waals surface area contributed by atoms with Crippen molar-refractivity contribution in [1.82, 2.24) is 0 Å². The minimum atomic E-state index is 0.755. The van der Waals surface area contributed by atoms with Gasteiger partial charge in [-0.1, -0.05) is 32.1 Å². The van der Waals surface area contributed by atoms with E-state index in [0.29, 0.717) is 0 Å². The largest absolute Gasteiger partial charge is 0.320 e. The van der Waals surface area contributed by atoms with Gasteiger partial charge in [0.15, 0.2) is 0 Å². The van der Waals surface area contributed by atoms with Crippen LogP contribution in [0.2, 0.25) is 0 Å². The summed E-state index contributed by atoms with van der Waals surface area (Å²) in [6.07, 6.45) is 10.3. The summed E-state index contributed by atoms with van der Waals surface area (Å²) in [5.74, 6) is 2.47. The summed E-state index contributed by atoms with van der Waals surface area (Å²) in [5.41, 5.74) is 1.60. The van der Waals surface area contributed by atoms with E-state index in [2.05, 4.69) is 39.5 Å². The lowest BCUT2D eigenvalue weighted by Crippen LogP contribution is -2.55. The maximum absolute atomic E-state index is 4.02. The van der Waals surface area contributed by atoms with Gasteiger partial charge in [-0.05, 0) is 50.5 Å². The van der Waals surface area contributed by atoms with E-state index in [0.717, 1.165) is 17.8 Å². The topological polar surface area (TPSA) is 0 Å². The van der Waals surface area contributed by atoms with Crippen molar-refractivity contribution in [1.29, 1.82) is 0 Å². The van der Waals surface area contributed by atoms with Crippen molar-refractivity contribution in [3.63, 3.8) is 0 Å². The normalized spacial score (nSPS) is 34.7. The van der Waals surface area contributed by atoms with E-state index in [-0.39, 0.29) is 0 Å². The van der Waals surface area contributed by atoms with Crippen molar-refractivity contribution in [3.05, 3.63) is 24.3 Å². The van der Waals surface area contributed by atoms with Crippen LogP contribution in [-0.2, 0) is 0 Å².